The third kappa shape index (κ3) is 9.49. The van der Waals surface area contributed by atoms with E-state index in [1.54, 1.807) is 24.8 Å². The minimum atomic E-state index is -4.18. The Morgan fingerprint density at radius 2 is 1.67 bits per heavy atom. The smallest absolute Gasteiger partial charge is 0.344 e. The lowest BCUT2D eigenvalue weighted by Crippen LogP contribution is -2.55. The van der Waals surface area contributed by atoms with Crippen molar-refractivity contribution in [2.75, 3.05) is 38.5 Å². The van der Waals surface area contributed by atoms with E-state index in [2.05, 4.69) is 20.9 Å². The van der Waals surface area contributed by atoms with Crippen LogP contribution < -0.4 is 16.0 Å². The van der Waals surface area contributed by atoms with Crippen LogP contribution in [0, 0.1) is 23.1 Å². The zero-order valence-corrected chi connectivity index (χ0v) is 28.6. The number of carbonyl (C=O) groups is 4. The Kier molecular flexibility index (Phi) is 12.9. The third-order valence-electron chi connectivity index (χ3n) is 9.58. The predicted molar refractivity (Wildman–Crippen MR) is 178 cm³/mol. The summed E-state index contributed by atoms with van der Waals surface area (Å²) in [7, 11) is 1.93. The number of anilines is 1. The zero-order valence-electron chi connectivity index (χ0n) is 28.6. The van der Waals surface area contributed by atoms with Crippen LogP contribution >= 0.6 is 0 Å². The summed E-state index contributed by atoms with van der Waals surface area (Å²) >= 11 is 0. The second kappa shape index (κ2) is 16.9. The molecule has 3 atom stereocenters. The number of nitrogens with one attached hydrogen (secondary N) is 3. The predicted octanol–water partition coefficient (Wildman–Crippen LogP) is 5.03. The van der Waals surface area contributed by atoms with Crippen LogP contribution in [0.5, 0.6) is 0 Å². The van der Waals surface area contributed by atoms with Gasteiger partial charge in [-0.3, -0.25) is 19.2 Å². The number of amides is 4. The van der Waals surface area contributed by atoms with Crippen LogP contribution in [0.15, 0.2) is 54.1 Å². The summed E-state index contributed by atoms with van der Waals surface area (Å²) < 4.78 is 72.8. The van der Waals surface area contributed by atoms with Crippen molar-refractivity contribution in [1.82, 2.24) is 20.4 Å². The Balaban J connectivity index is 1.56. The first kappa shape index (κ1) is 39.0. The SMILES string of the molecule is CCC(=O)N[C@@H](C(=O)N1CCN(C)CC1)[C@@H](C)c1ccc(NC(=O)[C@@H](NC(=O)C(F)(F)c2cccc(C#N)c2)C2CCC(=C(F)F)CC2)c(F)c1. The van der Waals surface area contributed by atoms with E-state index in [0.29, 0.717) is 31.7 Å². The first-order chi connectivity index (χ1) is 24.2. The molecule has 1 saturated heterocycles. The van der Waals surface area contributed by atoms with E-state index in [9.17, 15) is 28.0 Å². The van der Waals surface area contributed by atoms with Crippen molar-refractivity contribution in [3.8, 4) is 6.07 Å². The van der Waals surface area contributed by atoms with Crippen molar-refractivity contribution in [3.63, 3.8) is 0 Å². The normalized spacial score (nSPS) is 18.5. The number of nitrogens with zero attached hydrogens (tertiary/aromatic N) is 3. The van der Waals surface area contributed by atoms with Crippen molar-refractivity contribution in [1.29, 1.82) is 5.26 Å². The number of allylic oxidation sites excluding steroid dienone is 1. The molecule has 15 heteroatoms. The molecule has 0 unspecified atom stereocenters. The molecule has 0 aromatic heterocycles. The van der Waals surface area contributed by atoms with Crippen molar-refractivity contribution in [3.05, 3.63) is 76.6 Å². The van der Waals surface area contributed by atoms with Gasteiger partial charge in [-0.2, -0.15) is 22.8 Å². The molecule has 4 amide bonds. The van der Waals surface area contributed by atoms with Crippen LogP contribution in [0.25, 0.3) is 0 Å². The third-order valence-corrected chi connectivity index (χ3v) is 9.58. The van der Waals surface area contributed by atoms with Crippen molar-refractivity contribution in [2.45, 2.75) is 69.9 Å². The van der Waals surface area contributed by atoms with Crippen molar-refractivity contribution < 1.29 is 41.1 Å². The molecule has 2 aromatic rings. The number of likely N-dealkylation sites (N-methyl/N-ethyl adjacent to an activating group) is 1. The number of hydrogen-bond donors (Lipinski definition) is 3. The Morgan fingerprint density at radius 3 is 2.25 bits per heavy atom. The molecular weight excluding hydrogens is 675 g/mol. The first-order valence-corrected chi connectivity index (χ1v) is 16.8. The molecule has 10 nitrogen and oxygen atoms in total. The molecule has 2 fully saturated rings. The van der Waals surface area contributed by atoms with E-state index < -0.39 is 59.1 Å². The molecule has 2 aliphatic rings. The van der Waals surface area contributed by atoms with E-state index in [0.717, 1.165) is 18.2 Å². The Hall–Kier alpha value is -4.84. The van der Waals surface area contributed by atoms with Gasteiger partial charge in [-0.25, -0.2) is 4.39 Å². The van der Waals surface area contributed by atoms with Gasteiger partial charge in [-0.05, 0) is 74.1 Å². The number of piperazine rings is 1. The fraction of sp³-hybridized carbons (Fsp3) is 0.472. The minimum absolute atomic E-state index is 0.0360. The zero-order chi connectivity index (χ0) is 37.5. The average Bonchev–Trinajstić information content (AvgIpc) is 3.13. The Bertz CT molecular complexity index is 1690. The highest BCUT2D eigenvalue weighted by Gasteiger charge is 2.44. The van der Waals surface area contributed by atoms with E-state index in [1.807, 2.05) is 7.05 Å². The topological polar surface area (TPSA) is 135 Å². The molecule has 0 radical (unpaired) electrons. The standard InChI is InChI=1S/C36H41F5N6O4/c1-4-29(48)44-30(34(50)47-16-14-46(3)15-17-47)21(2)25-12-13-28(27(37)19-25)43-33(49)31(23-8-10-24(11-9-23)32(38)39)45-35(51)36(40,41)26-7-5-6-22(18-26)20-42/h5-7,12-13,18-19,21,23,30-31H,4,8-11,14-17H2,1-3H3,(H,43,49)(H,44,48)(H,45,51)/t21-,30+,31-/m0/s1. The maximum atomic E-state index is 15.6. The van der Waals surface area contributed by atoms with Crippen LogP contribution in [-0.2, 0) is 25.1 Å². The fourth-order valence-corrected chi connectivity index (χ4v) is 6.27. The van der Waals surface area contributed by atoms with Gasteiger partial charge in [0.15, 0.2) is 0 Å². The van der Waals surface area contributed by atoms with Crippen molar-refractivity contribution >= 4 is 29.3 Å². The van der Waals surface area contributed by atoms with E-state index in [1.165, 1.54) is 24.3 Å². The van der Waals surface area contributed by atoms with Crippen molar-refractivity contribution in [2.24, 2.45) is 5.92 Å². The molecule has 0 bridgehead atoms. The quantitative estimate of drug-likeness (QED) is 0.280. The average molecular weight is 717 g/mol. The van der Waals surface area contributed by atoms with Gasteiger partial charge >= 0.3 is 5.92 Å². The lowest BCUT2D eigenvalue weighted by Gasteiger charge is -2.36. The minimum Gasteiger partial charge on any atom is -0.344 e. The highest BCUT2D eigenvalue weighted by Crippen LogP contribution is 2.35. The van der Waals surface area contributed by atoms with Gasteiger partial charge in [0.25, 0.3) is 12.0 Å². The number of nitriles is 1. The lowest BCUT2D eigenvalue weighted by atomic mass is 9.81. The molecule has 1 saturated carbocycles. The molecule has 4 rings (SSSR count). The lowest BCUT2D eigenvalue weighted by molar-refractivity contribution is -0.149. The fourth-order valence-electron chi connectivity index (χ4n) is 6.27. The summed E-state index contributed by atoms with van der Waals surface area (Å²) in [6, 6.07) is 7.07. The highest BCUT2D eigenvalue weighted by molar-refractivity contribution is 5.98. The second-order valence-corrected chi connectivity index (χ2v) is 13.0. The Morgan fingerprint density at radius 1 is 1.00 bits per heavy atom. The van der Waals surface area contributed by atoms with Gasteiger partial charge in [0.05, 0.1) is 17.3 Å². The molecule has 1 heterocycles. The van der Waals surface area contributed by atoms with Crippen LogP contribution in [0.1, 0.15) is 68.6 Å². The Labute approximate surface area is 293 Å². The van der Waals surface area contributed by atoms with Crippen LogP contribution in [0.4, 0.5) is 27.6 Å². The molecule has 1 aliphatic carbocycles. The number of halogens is 5. The number of hydrogen-bond acceptors (Lipinski definition) is 6. The van der Waals surface area contributed by atoms with E-state index in [4.69, 9.17) is 5.26 Å². The first-order valence-electron chi connectivity index (χ1n) is 16.8. The van der Waals surface area contributed by atoms with Gasteiger partial charge in [-0.1, -0.05) is 32.0 Å². The summed E-state index contributed by atoms with van der Waals surface area (Å²) in [4.78, 5) is 56.2. The summed E-state index contributed by atoms with van der Waals surface area (Å²) in [5, 5.41) is 16.3. The van der Waals surface area contributed by atoms with Gasteiger partial charge < -0.3 is 25.8 Å². The van der Waals surface area contributed by atoms with E-state index in [-0.39, 0.29) is 60.7 Å². The number of alkyl halides is 2. The van der Waals surface area contributed by atoms with Gasteiger partial charge in [0.2, 0.25) is 17.7 Å². The van der Waals surface area contributed by atoms with Gasteiger partial charge in [0.1, 0.15) is 17.9 Å². The largest absolute Gasteiger partial charge is 0.349 e. The van der Waals surface area contributed by atoms with Crippen LogP contribution in [0.3, 0.4) is 0 Å². The van der Waals surface area contributed by atoms with Crippen LogP contribution in [-0.4, -0.2) is 78.7 Å². The maximum Gasteiger partial charge on any atom is 0.349 e. The summed E-state index contributed by atoms with van der Waals surface area (Å²) in [5.74, 6) is -10.2. The summed E-state index contributed by atoms with van der Waals surface area (Å²) in [5.41, 5.74) is -1.06. The molecule has 2 aromatic carbocycles. The molecule has 274 valence electrons. The monoisotopic (exact) mass is 716 g/mol. The van der Waals surface area contributed by atoms with Gasteiger partial charge in [0, 0.05) is 44.1 Å². The molecular formula is C36H41F5N6O4. The van der Waals surface area contributed by atoms with Crippen LogP contribution in [0.2, 0.25) is 0 Å². The second-order valence-electron chi connectivity index (χ2n) is 13.0. The van der Waals surface area contributed by atoms with Gasteiger partial charge in [-0.15, -0.1) is 0 Å². The molecule has 3 N–H and O–H groups in total. The van der Waals surface area contributed by atoms with E-state index >= 15 is 13.2 Å². The molecule has 51 heavy (non-hydrogen) atoms. The number of rotatable bonds is 11. The summed E-state index contributed by atoms with van der Waals surface area (Å²) in [6.45, 7) is 5.51. The molecule has 0 spiro atoms. The molecule has 1 aliphatic heterocycles. The maximum absolute atomic E-state index is 15.6. The number of benzene rings is 2. The number of carbonyl (C=O) groups excluding carboxylic acids is 4. The summed E-state index contributed by atoms with van der Waals surface area (Å²) in [6.07, 6.45) is -2.07. The highest BCUT2D eigenvalue weighted by atomic mass is 19.3.